The van der Waals surface area contributed by atoms with Gasteiger partial charge in [0.15, 0.2) is 12.8 Å². The third kappa shape index (κ3) is 5.10. The smallest absolute Gasteiger partial charge is 0.193 e. The molecule has 1 aliphatic heterocycles. The van der Waals surface area contributed by atoms with Gasteiger partial charge in [-0.1, -0.05) is 32.0 Å². The molecule has 3 N–H and O–H groups in total. The summed E-state index contributed by atoms with van der Waals surface area (Å²) in [4.78, 5) is 4.39. The molecule has 1 aliphatic rings. The number of anilines is 1. The largest absolute Gasteiger partial charge is 0.467 e. The molecule has 1 heterocycles. The van der Waals surface area contributed by atoms with Gasteiger partial charge in [0.2, 0.25) is 0 Å². The standard InChI is InChI=1S/C20H24FN3O2.HI/c1-3-13-6-5-7-14(4-2)18(13)24-20(22)23-10-15-8-17(21)9-16-11-25-12-26-19(15)16;/h5-9H,3-4,10-12H2,1-2H3,(H3,22,23,24);1H. The van der Waals surface area contributed by atoms with Gasteiger partial charge >= 0.3 is 0 Å². The van der Waals surface area contributed by atoms with Crippen molar-refractivity contribution in [3.05, 3.63) is 58.4 Å². The average Bonchev–Trinajstić information content (AvgIpc) is 2.66. The van der Waals surface area contributed by atoms with E-state index in [9.17, 15) is 4.39 Å². The summed E-state index contributed by atoms with van der Waals surface area (Å²) >= 11 is 0. The zero-order chi connectivity index (χ0) is 18.5. The molecule has 0 aliphatic carbocycles. The van der Waals surface area contributed by atoms with Crippen LogP contribution in [0.1, 0.15) is 36.1 Å². The van der Waals surface area contributed by atoms with Crippen LogP contribution in [-0.2, 0) is 30.7 Å². The summed E-state index contributed by atoms with van der Waals surface area (Å²) < 4.78 is 24.5. The number of nitrogens with one attached hydrogen (secondary N) is 1. The van der Waals surface area contributed by atoms with Gasteiger partial charge in [0, 0.05) is 16.8 Å². The van der Waals surface area contributed by atoms with Crippen molar-refractivity contribution >= 4 is 35.6 Å². The highest BCUT2D eigenvalue weighted by atomic mass is 127. The van der Waals surface area contributed by atoms with Gasteiger partial charge in [0.05, 0.1) is 13.2 Å². The fourth-order valence-electron chi connectivity index (χ4n) is 3.12. The lowest BCUT2D eigenvalue weighted by molar-refractivity contribution is -0.0172. The van der Waals surface area contributed by atoms with Crippen LogP contribution in [0.3, 0.4) is 0 Å². The Kier molecular flexibility index (Phi) is 7.85. The summed E-state index contributed by atoms with van der Waals surface area (Å²) in [5.74, 6) is 0.599. The van der Waals surface area contributed by atoms with Crippen molar-refractivity contribution in [2.45, 2.75) is 39.8 Å². The summed E-state index contributed by atoms with van der Waals surface area (Å²) in [5, 5.41) is 3.21. The van der Waals surface area contributed by atoms with Gasteiger partial charge in [-0.25, -0.2) is 9.38 Å². The van der Waals surface area contributed by atoms with E-state index in [0.29, 0.717) is 29.4 Å². The van der Waals surface area contributed by atoms with Crippen LogP contribution in [0.4, 0.5) is 10.1 Å². The Morgan fingerprint density at radius 1 is 1.19 bits per heavy atom. The first kappa shape index (κ1) is 21.4. The van der Waals surface area contributed by atoms with E-state index in [1.807, 2.05) is 0 Å². The number of rotatable bonds is 5. The molecule has 5 nitrogen and oxygen atoms in total. The number of para-hydroxylation sites is 1. The zero-order valence-corrected chi connectivity index (χ0v) is 17.9. The van der Waals surface area contributed by atoms with Crippen LogP contribution >= 0.6 is 24.0 Å². The fraction of sp³-hybridized carbons (Fsp3) is 0.350. The lowest BCUT2D eigenvalue weighted by atomic mass is 10.0. The highest BCUT2D eigenvalue weighted by Gasteiger charge is 2.17. The van der Waals surface area contributed by atoms with Crippen molar-refractivity contribution < 1.29 is 13.9 Å². The van der Waals surface area contributed by atoms with Crippen LogP contribution in [0.25, 0.3) is 0 Å². The van der Waals surface area contributed by atoms with Gasteiger partial charge < -0.3 is 20.5 Å². The Morgan fingerprint density at radius 3 is 2.56 bits per heavy atom. The molecule has 7 heteroatoms. The molecule has 0 amide bonds. The molecule has 3 rings (SSSR count). The number of ether oxygens (including phenoxy) is 2. The minimum atomic E-state index is -0.334. The minimum absolute atomic E-state index is 0. The number of halogens is 2. The Bertz CT molecular complexity index is 805. The normalized spacial score (nSPS) is 13.4. The van der Waals surface area contributed by atoms with Crippen molar-refractivity contribution in [3.8, 4) is 5.75 Å². The third-order valence-corrected chi connectivity index (χ3v) is 4.42. The molecular weight excluding hydrogens is 460 g/mol. The van der Waals surface area contributed by atoms with E-state index in [1.165, 1.54) is 23.3 Å². The number of nitrogens with two attached hydrogens (primary N) is 1. The first-order chi connectivity index (χ1) is 12.6. The van der Waals surface area contributed by atoms with Crippen LogP contribution in [0.5, 0.6) is 5.75 Å². The molecular formula is C20H25FIN3O2. The minimum Gasteiger partial charge on any atom is -0.467 e. The molecule has 27 heavy (non-hydrogen) atoms. The fourth-order valence-corrected chi connectivity index (χ4v) is 3.12. The van der Waals surface area contributed by atoms with Crippen LogP contribution < -0.4 is 15.8 Å². The Hall–Kier alpha value is -1.87. The third-order valence-electron chi connectivity index (χ3n) is 4.42. The van der Waals surface area contributed by atoms with E-state index < -0.39 is 0 Å². The predicted molar refractivity (Wildman–Crippen MR) is 116 cm³/mol. The van der Waals surface area contributed by atoms with E-state index in [1.54, 1.807) is 0 Å². The van der Waals surface area contributed by atoms with Crippen LogP contribution in [0, 0.1) is 5.82 Å². The Morgan fingerprint density at radius 2 is 1.89 bits per heavy atom. The van der Waals surface area contributed by atoms with Crippen LogP contribution in [-0.4, -0.2) is 12.8 Å². The number of aliphatic imine (C=N–C) groups is 1. The van der Waals surface area contributed by atoms with Gasteiger partial charge in [-0.2, -0.15) is 0 Å². The van der Waals surface area contributed by atoms with E-state index in [2.05, 4.69) is 42.4 Å². The molecule has 0 unspecified atom stereocenters. The van der Waals surface area contributed by atoms with Crippen molar-refractivity contribution in [2.24, 2.45) is 10.7 Å². The number of guanidine groups is 1. The summed E-state index contributed by atoms with van der Waals surface area (Å²) in [6.45, 7) is 4.93. The molecule has 2 aromatic rings. The second-order valence-electron chi connectivity index (χ2n) is 6.15. The highest BCUT2D eigenvalue weighted by molar-refractivity contribution is 14.0. The van der Waals surface area contributed by atoms with Gasteiger partial charge in [-0.3, -0.25) is 0 Å². The number of benzene rings is 2. The number of fused-ring (bicyclic) bond motifs is 1. The van der Waals surface area contributed by atoms with Gasteiger partial charge in [-0.05, 0) is 36.1 Å². The number of hydrogen-bond donors (Lipinski definition) is 2. The van der Waals surface area contributed by atoms with Crippen molar-refractivity contribution in [1.29, 1.82) is 0 Å². The van der Waals surface area contributed by atoms with Gasteiger partial charge in [0.25, 0.3) is 0 Å². The Labute approximate surface area is 176 Å². The Balaban J connectivity index is 0.00000261. The van der Waals surface area contributed by atoms with E-state index in [0.717, 1.165) is 18.5 Å². The molecule has 0 bridgehead atoms. The summed E-state index contributed by atoms with van der Waals surface area (Å²) in [5.41, 5.74) is 10.8. The predicted octanol–water partition coefficient (Wildman–Crippen LogP) is 4.36. The summed E-state index contributed by atoms with van der Waals surface area (Å²) in [6, 6.07) is 9.05. The first-order valence-corrected chi connectivity index (χ1v) is 8.81. The number of aryl methyl sites for hydroxylation is 2. The maximum absolute atomic E-state index is 13.8. The lowest BCUT2D eigenvalue weighted by Gasteiger charge is -2.20. The average molecular weight is 485 g/mol. The SMILES string of the molecule is CCc1cccc(CC)c1NC(N)=NCc1cc(F)cc2c1OCOC2.I. The zero-order valence-electron chi connectivity index (χ0n) is 15.5. The molecule has 146 valence electrons. The van der Waals surface area contributed by atoms with E-state index in [-0.39, 0.29) is 43.1 Å². The number of hydrogen-bond acceptors (Lipinski definition) is 3. The second kappa shape index (κ2) is 9.89. The molecule has 0 radical (unpaired) electrons. The molecule has 0 spiro atoms. The second-order valence-corrected chi connectivity index (χ2v) is 6.15. The highest BCUT2D eigenvalue weighted by Crippen LogP contribution is 2.30. The monoisotopic (exact) mass is 485 g/mol. The van der Waals surface area contributed by atoms with Crippen LogP contribution in [0.15, 0.2) is 35.3 Å². The van der Waals surface area contributed by atoms with E-state index >= 15 is 0 Å². The van der Waals surface area contributed by atoms with Crippen molar-refractivity contribution in [2.75, 3.05) is 12.1 Å². The van der Waals surface area contributed by atoms with Gasteiger partial charge in [-0.15, -0.1) is 24.0 Å². The first-order valence-electron chi connectivity index (χ1n) is 8.81. The van der Waals surface area contributed by atoms with Crippen LogP contribution in [0.2, 0.25) is 0 Å². The van der Waals surface area contributed by atoms with Crippen molar-refractivity contribution in [3.63, 3.8) is 0 Å². The number of nitrogens with zero attached hydrogens (tertiary/aromatic N) is 1. The quantitative estimate of drug-likeness (QED) is 0.375. The summed E-state index contributed by atoms with van der Waals surface area (Å²) in [7, 11) is 0. The van der Waals surface area contributed by atoms with Gasteiger partial charge in [0.1, 0.15) is 11.6 Å². The molecule has 0 saturated heterocycles. The molecule has 0 atom stereocenters. The van der Waals surface area contributed by atoms with E-state index in [4.69, 9.17) is 15.2 Å². The molecule has 0 aromatic heterocycles. The maximum atomic E-state index is 13.8. The molecule has 0 fully saturated rings. The molecule has 2 aromatic carbocycles. The molecule has 0 saturated carbocycles. The van der Waals surface area contributed by atoms with Crippen molar-refractivity contribution in [1.82, 2.24) is 0 Å². The lowest BCUT2D eigenvalue weighted by Crippen LogP contribution is -2.24. The topological polar surface area (TPSA) is 68.9 Å². The summed E-state index contributed by atoms with van der Waals surface area (Å²) in [6.07, 6.45) is 1.80. The maximum Gasteiger partial charge on any atom is 0.193 e.